The highest BCUT2D eigenvalue weighted by molar-refractivity contribution is 6.17. The standard InChI is InChI=1S/C24H42ClNO7/c25-9-5-1-2-6-10-27-11-12-28-13-14-29-15-16-30-17-18-31-19-20-32-21-22-33-24-8-4-3-7-23(24)26/h3-4,7-8H,1-2,5-6,9-22,26H2. The maximum Gasteiger partial charge on any atom is 0.142 e. The van der Waals surface area contributed by atoms with Crippen molar-refractivity contribution in [2.45, 2.75) is 25.7 Å². The van der Waals surface area contributed by atoms with Gasteiger partial charge in [-0.25, -0.2) is 0 Å². The van der Waals surface area contributed by atoms with Crippen LogP contribution in [0.1, 0.15) is 25.7 Å². The first-order chi connectivity index (χ1) is 16.3. The minimum Gasteiger partial charge on any atom is -0.489 e. The van der Waals surface area contributed by atoms with Gasteiger partial charge < -0.3 is 38.9 Å². The number of hydrogen-bond acceptors (Lipinski definition) is 8. The van der Waals surface area contributed by atoms with Crippen molar-refractivity contribution in [3.8, 4) is 5.75 Å². The number of hydrogen-bond donors (Lipinski definition) is 1. The van der Waals surface area contributed by atoms with Crippen LogP contribution in [0.4, 0.5) is 5.69 Å². The molecule has 0 amide bonds. The van der Waals surface area contributed by atoms with Gasteiger partial charge >= 0.3 is 0 Å². The molecule has 0 saturated carbocycles. The van der Waals surface area contributed by atoms with E-state index in [1.807, 2.05) is 18.2 Å². The van der Waals surface area contributed by atoms with Crippen LogP contribution in [0.15, 0.2) is 24.3 Å². The number of rotatable bonds is 25. The number of unbranched alkanes of at least 4 members (excludes halogenated alkanes) is 3. The molecular weight excluding hydrogens is 450 g/mol. The van der Waals surface area contributed by atoms with Gasteiger partial charge in [-0.3, -0.25) is 0 Å². The van der Waals surface area contributed by atoms with E-state index in [1.165, 1.54) is 12.8 Å². The van der Waals surface area contributed by atoms with Gasteiger partial charge in [-0.05, 0) is 25.0 Å². The number of alkyl halides is 1. The number of anilines is 1. The molecule has 0 aliphatic carbocycles. The van der Waals surface area contributed by atoms with Crippen LogP contribution in [0, 0.1) is 0 Å². The van der Waals surface area contributed by atoms with Crippen molar-refractivity contribution in [1.29, 1.82) is 0 Å². The second-order valence-corrected chi connectivity index (χ2v) is 7.54. The zero-order valence-corrected chi connectivity index (χ0v) is 20.6. The van der Waals surface area contributed by atoms with Crippen molar-refractivity contribution in [1.82, 2.24) is 0 Å². The Morgan fingerprint density at radius 3 is 1.42 bits per heavy atom. The molecule has 0 saturated heterocycles. The van der Waals surface area contributed by atoms with Crippen LogP contribution in [0.2, 0.25) is 0 Å². The molecule has 0 spiro atoms. The molecule has 0 radical (unpaired) electrons. The second kappa shape index (κ2) is 24.0. The summed E-state index contributed by atoms with van der Waals surface area (Å²) < 4.78 is 38.3. The maximum absolute atomic E-state index is 5.80. The summed E-state index contributed by atoms with van der Waals surface area (Å²) >= 11 is 5.64. The molecule has 1 aromatic carbocycles. The molecule has 0 aliphatic heterocycles. The van der Waals surface area contributed by atoms with Gasteiger partial charge in [-0.15, -0.1) is 11.6 Å². The normalized spacial score (nSPS) is 11.2. The third-order valence-corrected chi connectivity index (χ3v) is 4.70. The van der Waals surface area contributed by atoms with Crippen molar-refractivity contribution in [3.05, 3.63) is 24.3 Å². The lowest BCUT2D eigenvalue weighted by atomic mass is 10.2. The van der Waals surface area contributed by atoms with Crippen LogP contribution in [0.5, 0.6) is 5.75 Å². The molecule has 0 atom stereocenters. The molecule has 0 bridgehead atoms. The molecule has 1 aromatic rings. The molecule has 33 heavy (non-hydrogen) atoms. The fourth-order valence-electron chi connectivity index (χ4n) is 2.68. The molecule has 1 rings (SSSR count). The van der Waals surface area contributed by atoms with Crippen molar-refractivity contribution in [2.24, 2.45) is 0 Å². The Labute approximate surface area is 203 Å². The molecule has 9 heteroatoms. The van der Waals surface area contributed by atoms with E-state index in [4.69, 9.17) is 50.5 Å². The monoisotopic (exact) mass is 491 g/mol. The zero-order chi connectivity index (χ0) is 23.7. The summed E-state index contributed by atoms with van der Waals surface area (Å²) in [5.41, 5.74) is 6.43. The number of ether oxygens (including phenoxy) is 7. The lowest BCUT2D eigenvalue weighted by Crippen LogP contribution is -2.15. The van der Waals surface area contributed by atoms with Crippen LogP contribution in [-0.4, -0.2) is 91.8 Å². The summed E-state index contributed by atoms with van der Waals surface area (Å²) in [6.45, 7) is 7.21. The lowest BCUT2D eigenvalue weighted by Gasteiger charge is -2.09. The molecule has 192 valence electrons. The first kappa shape index (κ1) is 29.9. The molecule has 0 fully saturated rings. The van der Waals surface area contributed by atoms with E-state index in [-0.39, 0.29) is 0 Å². The van der Waals surface area contributed by atoms with E-state index < -0.39 is 0 Å². The van der Waals surface area contributed by atoms with Crippen molar-refractivity contribution in [3.63, 3.8) is 0 Å². The zero-order valence-electron chi connectivity index (χ0n) is 19.9. The van der Waals surface area contributed by atoms with Crippen LogP contribution < -0.4 is 10.5 Å². The van der Waals surface area contributed by atoms with Crippen molar-refractivity contribution < 1.29 is 33.2 Å². The summed E-state index contributed by atoms with van der Waals surface area (Å²) in [4.78, 5) is 0. The largest absolute Gasteiger partial charge is 0.489 e. The number of nitrogen functional groups attached to an aromatic ring is 1. The van der Waals surface area contributed by atoms with Crippen LogP contribution in [0.25, 0.3) is 0 Å². The molecular formula is C24H42ClNO7. The predicted octanol–water partition coefficient (Wildman–Crippen LogP) is 3.55. The Kier molecular flexibility index (Phi) is 21.8. The van der Waals surface area contributed by atoms with Gasteiger partial charge in [0.25, 0.3) is 0 Å². The van der Waals surface area contributed by atoms with Crippen molar-refractivity contribution >= 4 is 17.3 Å². The predicted molar refractivity (Wildman–Crippen MR) is 130 cm³/mol. The Bertz CT molecular complexity index is 539. The number of benzene rings is 1. The fourth-order valence-corrected chi connectivity index (χ4v) is 2.87. The van der Waals surface area contributed by atoms with E-state index in [0.717, 1.165) is 25.3 Å². The van der Waals surface area contributed by atoms with Gasteiger partial charge in [0.1, 0.15) is 12.4 Å². The Balaban J connectivity index is 1.67. The molecule has 8 nitrogen and oxygen atoms in total. The highest BCUT2D eigenvalue weighted by Gasteiger charge is 1.98. The minimum absolute atomic E-state index is 0.450. The second-order valence-electron chi connectivity index (χ2n) is 7.16. The molecule has 0 aliphatic rings. The first-order valence-electron chi connectivity index (χ1n) is 11.8. The third-order valence-electron chi connectivity index (χ3n) is 4.44. The van der Waals surface area contributed by atoms with Crippen molar-refractivity contribution in [2.75, 3.05) is 97.5 Å². The van der Waals surface area contributed by atoms with Gasteiger partial charge in [-0.2, -0.15) is 0 Å². The number of para-hydroxylation sites is 2. The summed E-state index contributed by atoms with van der Waals surface area (Å²) in [5, 5.41) is 0. The van der Waals surface area contributed by atoms with Gasteiger partial charge in [0.05, 0.1) is 78.4 Å². The Hall–Kier alpha value is -1.13. The molecule has 0 aromatic heterocycles. The van der Waals surface area contributed by atoms with Crippen LogP contribution >= 0.6 is 11.6 Å². The van der Waals surface area contributed by atoms with E-state index in [9.17, 15) is 0 Å². The Morgan fingerprint density at radius 1 is 0.515 bits per heavy atom. The summed E-state index contributed by atoms with van der Waals surface area (Å²) in [6, 6.07) is 7.40. The number of nitrogens with two attached hydrogens (primary N) is 1. The summed E-state index contributed by atoms with van der Waals surface area (Å²) in [5.74, 6) is 1.42. The van der Waals surface area contributed by atoms with E-state index in [0.29, 0.717) is 90.7 Å². The average molecular weight is 492 g/mol. The maximum atomic E-state index is 5.80. The molecule has 2 N–H and O–H groups in total. The van der Waals surface area contributed by atoms with Gasteiger partial charge in [0.2, 0.25) is 0 Å². The highest BCUT2D eigenvalue weighted by atomic mass is 35.5. The quantitative estimate of drug-likeness (QED) is 0.126. The topological polar surface area (TPSA) is 90.6 Å². The highest BCUT2D eigenvalue weighted by Crippen LogP contribution is 2.19. The first-order valence-corrected chi connectivity index (χ1v) is 12.4. The summed E-state index contributed by atoms with van der Waals surface area (Å²) in [6.07, 6.45) is 4.52. The Morgan fingerprint density at radius 2 is 0.939 bits per heavy atom. The van der Waals surface area contributed by atoms with E-state index in [1.54, 1.807) is 6.07 Å². The SMILES string of the molecule is Nc1ccccc1OCCOCCOCCOCCOCCOCCOCCCCCCCl. The fraction of sp³-hybridized carbons (Fsp3) is 0.750. The smallest absolute Gasteiger partial charge is 0.142 e. The number of halogens is 1. The van der Waals surface area contributed by atoms with E-state index >= 15 is 0 Å². The lowest BCUT2D eigenvalue weighted by molar-refractivity contribution is -0.0179. The third kappa shape index (κ3) is 20.0. The van der Waals surface area contributed by atoms with Gasteiger partial charge in [-0.1, -0.05) is 25.0 Å². The molecule has 0 heterocycles. The van der Waals surface area contributed by atoms with E-state index in [2.05, 4.69) is 0 Å². The van der Waals surface area contributed by atoms with Crippen LogP contribution in [-0.2, 0) is 28.4 Å². The van der Waals surface area contributed by atoms with Gasteiger partial charge in [0.15, 0.2) is 0 Å². The summed E-state index contributed by atoms with van der Waals surface area (Å²) in [7, 11) is 0. The van der Waals surface area contributed by atoms with Gasteiger partial charge in [0, 0.05) is 12.5 Å². The minimum atomic E-state index is 0.450. The average Bonchev–Trinajstić information content (AvgIpc) is 2.83. The molecule has 0 unspecified atom stereocenters. The van der Waals surface area contributed by atoms with Crippen LogP contribution in [0.3, 0.4) is 0 Å².